The lowest BCUT2D eigenvalue weighted by Gasteiger charge is -2.35. The Morgan fingerprint density at radius 2 is 1.55 bits per heavy atom. The van der Waals surface area contributed by atoms with Crippen molar-refractivity contribution in [2.75, 3.05) is 0 Å². The average Bonchev–Trinajstić information content (AvgIpc) is 2.51. The second-order valence-corrected chi connectivity index (χ2v) is 5.74. The van der Waals surface area contributed by atoms with Crippen molar-refractivity contribution in [3.05, 3.63) is 35.9 Å². The zero-order valence-electron chi connectivity index (χ0n) is 11.5. The van der Waals surface area contributed by atoms with Crippen LogP contribution in [0.25, 0.3) is 0 Å². The molecule has 20 heavy (non-hydrogen) atoms. The van der Waals surface area contributed by atoms with Gasteiger partial charge in [0.25, 0.3) is 0 Å². The number of benzene rings is 1. The smallest absolute Gasteiger partial charge is 0.247 e. The minimum Gasteiger partial charge on any atom is -0.342 e. The van der Waals surface area contributed by atoms with Crippen LogP contribution in [0.1, 0.15) is 43.7 Å². The summed E-state index contributed by atoms with van der Waals surface area (Å²) in [4.78, 5) is 24.6. The molecule has 0 bridgehead atoms. The van der Waals surface area contributed by atoms with Crippen LogP contribution in [-0.4, -0.2) is 17.9 Å². The number of nitrogens with one attached hydrogen (secondary N) is 2. The van der Waals surface area contributed by atoms with Crippen molar-refractivity contribution in [1.82, 2.24) is 10.6 Å². The Morgan fingerprint density at radius 1 is 0.850 bits per heavy atom. The van der Waals surface area contributed by atoms with Crippen molar-refractivity contribution in [1.29, 1.82) is 0 Å². The summed E-state index contributed by atoms with van der Waals surface area (Å²) in [6, 6.07) is 8.49. The van der Waals surface area contributed by atoms with Gasteiger partial charge >= 0.3 is 0 Å². The number of rotatable bonds is 2. The zero-order chi connectivity index (χ0) is 13.9. The van der Waals surface area contributed by atoms with Gasteiger partial charge in [-0.05, 0) is 24.3 Å². The van der Waals surface area contributed by atoms with Gasteiger partial charge in [-0.25, -0.2) is 0 Å². The number of hydrogen-bond donors (Lipinski definition) is 2. The molecule has 4 nitrogen and oxygen atoms in total. The SMILES string of the molecule is O=C1N[C@@H](C2CCCCC2)C(=O)N[C@H]1c1ccccc1. The highest BCUT2D eigenvalue weighted by Gasteiger charge is 2.38. The first kappa shape index (κ1) is 13.2. The molecule has 2 atom stereocenters. The quantitative estimate of drug-likeness (QED) is 0.864. The molecule has 1 heterocycles. The second kappa shape index (κ2) is 5.65. The predicted octanol–water partition coefficient (Wildman–Crippen LogP) is 1.92. The fourth-order valence-corrected chi connectivity index (χ4v) is 3.28. The van der Waals surface area contributed by atoms with Crippen LogP contribution in [0.3, 0.4) is 0 Å². The molecule has 1 saturated heterocycles. The van der Waals surface area contributed by atoms with Crippen LogP contribution in [0.5, 0.6) is 0 Å². The van der Waals surface area contributed by atoms with Crippen molar-refractivity contribution < 1.29 is 9.59 Å². The van der Waals surface area contributed by atoms with Gasteiger partial charge in [-0.15, -0.1) is 0 Å². The summed E-state index contributed by atoms with van der Waals surface area (Å²) in [5.74, 6) is 0.168. The number of hydrogen-bond acceptors (Lipinski definition) is 2. The van der Waals surface area contributed by atoms with Crippen molar-refractivity contribution in [2.24, 2.45) is 5.92 Å². The summed E-state index contributed by atoms with van der Waals surface area (Å²) in [6.45, 7) is 0. The van der Waals surface area contributed by atoms with E-state index in [0.717, 1.165) is 31.2 Å². The highest BCUT2D eigenvalue weighted by molar-refractivity contribution is 5.97. The Kier molecular flexibility index (Phi) is 3.72. The molecule has 0 unspecified atom stereocenters. The van der Waals surface area contributed by atoms with Crippen LogP contribution < -0.4 is 10.6 Å². The van der Waals surface area contributed by atoms with Gasteiger partial charge in [0, 0.05) is 0 Å². The maximum absolute atomic E-state index is 12.3. The van der Waals surface area contributed by atoms with E-state index < -0.39 is 6.04 Å². The fraction of sp³-hybridized carbons (Fsp3) is 0.500. The normalized spacial score (nSPS) is 27.8. The molecule has 0 radical (unpaired) electrons. The molecule has 1 aliphatic heterocycles. The third kappa shape index (κ3) is 2.55. The average molecular weight is 272 g/mol. The lowest BCUT2D eigenvalue weighted by atomic mass is 9.82. The van der Waals surface area contributed by atoms with Gasteiger partial charge in [0.1, 0.15) is 12.1 Å². The number of amides is 2. The summed E-state index contributed by atoms with van der Waals surface area (Å²) >= 11 is 0. The fourth-order valence-electron chi connectivity index (χ4n) is 3.28. The monoisotopic (exact) mass is 272 g/mol. The third-order valence-corrected chi connectivity index (χ3v) is 4.38. The number of carbonyl (C=O) groups excluding carboxylic acids is 2. The standard InChI is InChI=1S/C16H20N2O2/c19-15-13(11-7-3-1-4-8-11)17-16(20)14(18-15)12-9-5-2-6-10-12/h1,3-4,7-8,12-14H,2,5-6,9-10H2,(H,17,20)(H,18,19)/t13-,14-/m0/s1. The van der Waals surface area contributed by atoms with Gasteiger partial charge in [0.2, 0.25) is 11.8 Å². The van der Waals surface area contributed by atoms with Crippen LogP contribution in [0.4, 0.5) is 0 Å². The Morgan fingerprint density at radius 3 is 2.25 bits per heavy atom. The van der Waals surface area contributed by atoms with Crippen molar-refractivity contribution in [2.45, 2.75) is 44.2 Å². The van der Waals surface area contributed by atoms with E-state index in [0.29, 0.717) is 5.92 Å². The highest BCUT2D eigenvalue weighted by Crippen LogP contribution is 2.29. The summed E-state index contributed by atoms with van der Waals surface area (Å²) in [6.07, 6.45) is 5.63. The maximum Gasteiger partial charge on any atom is 0.247 e. The molecule has 1 aliphatic carbocycles. The first-order chi connectivity index (χ1) is 9.75. The van der Waals surface area contributed by atoms with Crippen molar-refractivity contribution >= 4 is 11.8 Å². The largest absolute Gasteiger partial charge is 0.342 e. The van der Waals surface area contributed by atoms with Crippen molar-refractivity contribution in [3.63, 3.8) is 0 Å². The van der Waals surface area contributed by atoms with E-state index in [9.17, 15) is 9.59 Å². The van der Waals surface area contributed by atoms with Gasteiger partial charge in [0.15, 0.2) is 0 Å². The molecule has 0 aromatic heterocycles. The van der Waals surface area contributed by atoms with E-state index in [4.69, 9.17) is 0 Å². The molecule has 106 valence electrons. The molecule has 1 saturated carbocycles. The first-order valence-electron chi connectivity index (χ1n) is 7.41. The lowest BCUT2D eigenvalue weighted by Crippen LogP contribution is -2.60. The number of carbonyl (C=O) groups is 2. The van der Waals surface area contributed by atoms with Crippen LogP contribution in [0.15, 0.2) is 30.3 Å². The zero-order valence-corrected chi connectivity index (χ0v) is 11.5. The topological polar surface area (TPSA) is 58.2 Å². The minimum absolute atomic E-state index is 0.0367. The molecule has 1 aromatic rings. The molecule has 2 fully saturated rings. The molecule has 1 aromatic carbocycles. The molecule has 0 spiro atoms. The third-order valence-electron chi connectivity index (χ3n) is 4.38. The van der Waals surface area contributed by atoms with Crippen LogP contribution in [0.2, 0.25) is 0 Å². The predicted molar refractivity (Wildman–Crippen MR) is 75.8 cm³/mol. The van der Waals surface area contributed by atoms with Gasteiger partial charge in [-0.1, -0.05) is 49.6 Å². The second-order valence-electron chi connectivity index (χ2n) is 5.74. The van der Waals surface area contributed by atoms with E-state index in [1.165, 1.54) is 6.42 Å². The molecule has 2 aliphatic rings. The Balaban J connectivity index is 1.73. The molecule has 4 heteroatoms. The van der Waals surface area contributed by atoms with Gasteiger partial charge < -0.3 is 10.6 Å². The molecule has 2 N–H and O–H groups in total. The van der Waals surface area contributed by atoms with E-state index in [-0.39, 0.29) is 17.9 Å². The molecular formula is C16H20N2O2. The highest BCUT2D eigenvalue weighted by atomic mass is 16.2. The minimum atomic E-state index is -0.552. The van der Waals surface area contributed by atoms with E-state index in [2.05, 4.69) is 10.6 Å². The van der Waals surface area contributed by atoms with Crippen molar-refractivity contribution in [3.8, 4) is 0 Å². The van der Waals surface area contributed by atoms with Gasteiger partial charge in [-0.3, -0.25) is 9.59 Å². The molecule has 3 rings (SSSR count). The van der Waals surface area contributed by atoms with Crippen LogP contribution in [0, 0.1) is 5.92 Å². The first-order valence-corrected chi connectivity index (χ1v) is 7.41. The Hall–Kier alpha value is -1.84. The van der Waals surface area contributed by atoms with Gasteiger partial charge in [0.05, 0.1) is 0 Å². The van der Waals surface area contributed by atoms with E-state index >= 15 is 0 Å². The number of piperazine rings is 1. The lowest BCUT2D eigenvalue weighted by molar-refractivity contribution is -0.138. The summed E-state index contributed by atoms with van der Waals surface area (Å²) in [5.41, 5.74) is 0.834. The summed E-state index contributed by atoms with van der Waals surface area (Å²) < 4.78 is 0. The molecular weight excluding hydrogens is 252 g/mol. The van der Waals surface area contributed by atoms with Gasteiger partial charge in [-0.2, -0.15) is 0 Å². The van der Waals surface area contributed by atoms with E-state index in [1.54, 1.807) is 0 Å². The summed E-state index contributed by atoms with van der Waals surface area (Å²) in [7, 11) is 0. The Labute approximate surface area is 118 Å². The molecule has 2 amide bonds. The summed E-state index contributed by atoms with van der Waals surface area (Å²) in [5, 5.41) is 5.81. The van der Waals surface area contributed by atoms with E-state index in [1.807, 2.05) is 30.3 Å². The maximum atomic E-state index is 12.3. The van der Waals surface area contributed by atoms with Crippen LogP contribution >= 0.6 is 0 Å². The van der Waals surface area contributed by atoms with Crippen LogP contribution in [-0.2, 0) is 9.59 Å². The Bertz CT molecular complexity index is 494.